The van der Waals surface area contributed by atoms with E-state index in [1.165, 1.54) is 17.1 Å². The van der Waals surface area contributed by atoms with Crippen LogP contribution >= 0.6 is 11.5 Å². The first-order valence-corrected chi connectivity index (χ1v) is 7.40. The van der Waals surface area contributed by atoms with E-state index >= 15 is 0 Å². The zero-order valence-electron chi connectivity index (χ0n) is 11.8. The number of hydrogen-bond donors (Lipinski definition) is 2. The number of aromatic nitrogens is 2. The predicted molar refractivity (Wildman–Crippen MR) is 82.5 cm³/mol. The topological polar surface area (TPSA) is 73.1 Å². The molecule has 1 unspecified atom stereocenters. The lowest BCUT2D eigenvalue weighted by Gasteiger charge is -2.09. The number of nitrogens with one attached hydrogen (secondary N) is 1. The maximum atomic E-state index is 5.53. The summed E-state index contributed by atoms with van der Waals surface area (Å²) in [6, 6.07) is 8.28. The van der Waals surface area contributed by atoms with Gasteiger partial charge in [-0.15, -0.1) is 0 Å². The summed E-state index contributed by atoms with van der Waals surface area (Å²) in [6.07, 6.45) is 1.65. The molecule has 0 aliphatic carbocycles. The van der Waals surface area contributed by atoms with Crippen LogP contribution in [0.4, 0.5) is 5.13 Å². The number of anilines is 1. The van der Waals surface area contributed by atoms with E-state index in [0.717, 1.165) is 29.5 Å². The average molecular weight is 292 g/mol. The second kappa shape index (κ2) is 7.21. The minimum Gasteiger partial charge on any atom is -0.497 e. The summed E-state index contributed by atoms with van der Waals surface area (Å²) in [5.74, 6) is 1.69. The van der Waals surface area contributed by atoms with Gasteiger partial charge in [-0.1, -0.05) is 12.1 Å². The zero-order valence-corrected chi connectivity index (χ0v) is 12.6. The van der Waals surface area contributed by atoms with Crippen molar-refractivity contribution in [3.8, 4) is 5.75 Å². The Kier molecular flexibility index (Phi) is 5.31. The molecule has 108 valence electrons. The largest absolute Gasteiger partial charge is 0.497 e. The van der Waals surface area contributed by atoms with Crippen molar-refractivity contribution in [2.24, 2.45) is 5.73 Å². The SMILES string of the molecule is COc1ccc(Cc2nsc(NC(C)CCN)n2)cc1. The van der Waals surface area contributed by atoms with Gasteiger partial charge < -0.3 is 15.8 Å². The molecule has 0 bridgehead atoms. The van der Waals surface area contributed by atoms with Crippen molar-refractivity contribution in [2.45, 2.75) is 25.8 Å². The van der Waals surface area contributed by atoms with Gasteiger partial charge in [0.15, 0.2) is 0 Å². The number of methoxy groups -OCH3 is 1. The monoisotopic (exact) mass is 292 g/mol. The molecule has 6 heteroatoms. The van der Waals surface area contributed by atoms with Gasteiger partial charge in [-0.3, -0.25) is 0 Å². The molecule has 1 aromatic heterocycles. The molecule has 2 aromatic rings. The zero-order chi connectivity index (χ0) is 14.4. The Morgan fingerprint density at radius 2 is 2.10 bits per heavy atom. The molecule has 20 heavy (non-hydrogen) atoms. The lowest BCUT2D eigenvalue weighted by Crippen LogP contribution is -2.19. The fourth-order valence-electron chi connectivity index (χ4n) is 1.84. The molecule has 0 fully saturated rings. The third-order valence-electron chi connectivity index (χ3n) is 2.96. The van der Waals surface area contributed by atoms with E-state index in [9.17, 15) is 0 Å². The minimum atomic E-state index is 0.321. The van der Waals surface area contributed by atoms with Crippen molar-refractivity contribution in [1.29, 1.82) is 0 Å². The Hall–Kier alpha value is -1.66. The van der Waals surface area contributed by atoms with Gasteiger partial charge in [0.05, 0.1) is 7.11 Å². The van der Waals surface area contributed by atoms with Crippen LogP contribution in [-0.4, -0.2) is 29.1 Å². The Balaban J connectivity index is 1.94. The van der Waals surface area contributed by atoms with E-state index in [1.807, 2.05) is 24.3 Å². The average Bonchev–Trinajstić information content (AvgIpc) is 2.87. The van der Waals surface area contributed by atoms with E-state index in [2.05, 4.69) is 21.6 Å². The molecule has 0 spiro atoms. The Bertz CT molecular complexity index is 526. The van der Waals surface area contributed by atoms with Crippen molar-refractivity contribution in [3.05, 3.63) is 35.7 Å². The summed E-state index contributed by atoms with van der Waals surface area (Å²) in [5.41, 5.74) is 6.70. The lowest BCUT2D eigenvalue weighted by molar-refractivity contribution is 0.414. The fourth-order valence-corrected chi connectivity index (χ4v) is 2.54. The molecule has 2 rings (SSSR count). The molecule has 0 radical (unpaired) electrons. The number of ether oxygens (including phenoxy) is 1. The molecule has 0 aliphatic rings. The third-order valence-corrected chi connectivity index (χ3v) is 3.64. The Labute approximate surface area is 123 Å². The van der Waals surface area contributed by atoms with Crippen LogP contribution in [0, 0.1) is 0 Å². The van der Waals surface area contributed by atoms with Gasteiger partial charge >= 0.3 is 0 Å². The van der Waals surface area contributed by atoms with Crippen LogP contribution in [-0.2, 0) is 6.42 Å². The van der Waals surface area contributed by atoms with E-state index < -0.39 is 0 Å². The summed E-state index contributed by atoms with van der Waals surface area (Å²) in [5, 5.41) is 4.17. The molecule has 1 aromatic carbocycles. The first kappa shape index (κ1) is 14.7. The molecule has 0 aliphatic heterocycles. The maximum absolute atomic E-state index is 5.53. The van der Waals surface area contributed by atoms with Gasteiger partial charge in [-0.25, -0.2) is 4.98 Å². The maximum Gasteiger partial charge on any atom is 0.202 e. The number of benzene rings is 1. The van der Waals surface area contributed by atoms with Crippen molar-refractivity contribution < 1.29 is 4.74 Å². The van der Waals surface area contributed by atoms with Crippen LogP contribution in [0.25, 0.3) is 0 Å². The quantitative estimate of drug-likeness (QED) is 0.819. The molecule has 3 N–H and O–H groups in total. The first-order chi connectivity index (χ1) is 9.71. The molecule has 5 nitrogen and oxygen atoms in total. The van der Waals surface area contributed by atoms with Crippen molar-refractivity contribution in [1.82, 2.24) is 9.36 Å². The number of rotatable bonds is 7. The molecule has 1 atom stereocenters. The van der Waals surface area contributed by atoms with Gasteiger partial charge in [0.25, 0.3) is 0 Å². The van der Waals surface area contributed by atoms with E-state index in [0.29, 0.717) is 12.6 Å². The standard InChI is InChI=1S/C14H20N4OS/c1-10(7-8-15)16-14-17-13(18-20-14)9-11-3-5-12(19-2)6-4-11/h3-6,10H,7-9,15H2,1-2H3,(H,16,17,18). The van der Waals surface area contributed by atoms with Gasteiger partial charge in [-0.05, 0) is 37.6 Å². The summed E-state index contributed by atoms with van der Waals surface area (Å²) < 4.78 is 9.51. The van der Waals surface area contributed by atoms with Crippen molar-refractivity contribution in [3.63, 3.8) is 0 Å². The van der Waals surface area contributed by atoms with Crippen LogP contribution in [0.1, 0.15) is 24.7 Å². The molecule has 0 saturated carbocycles. The third kappa shape index (κ3) is 4.18. The van der Waals surface area contributed by atoms with Crippen LogP contribution in [0.3, 0.4) is 0 Å². The smallest absolute Gasteiger partial charge is 0.202 e. The van der Waals surface area contributed by atoms with Crippen LogP contribution in [0.2, 0.25) is 0 Å². The predicted octanol–water partition coefficient (Wildman–Crippen LogP) is 2.29. The van der Waals surface area contributed by atoms with Crippen LogP contribution < -0.4 is 15.8 Å². The highest BCUT2D eigenvalue weighted by Crippen LogP contribution is 2.17. The molecule has 1 heterocycles. The molecular weight excluding hydrogens is 272 g/mol. The van der Waals surface area contributed by atoms with Gasteiger partial charge in [0, 0.05) is 24.0 Å². The summed E-state index contributed by atoms with van der Waals surface area (Å²) >= 11 is 1.39. The highest BCUT2D eigenvalue weighted by Gasteiger charge is 2.07. The van der Waals surface area contributed by atoms with Gasteiger partial charge in [-0.2, -0.15) is 4.37 Å². The van der Waals surface area contributed by atoms with Gasteiger partial charge in [0.1, 0.15) is 11.6 Å². The first-order valence-electron chi connectivity index (χ1n) is 6.63. The minimum absolute atomic E-state index is 0.321. The Morgan fingerprint density at radius 3 is 2.75 bits per heavy atom. The highest BCUT2D eigenvalue weighted by molar-refractivity contribution is 7.09. The van der Waals surface area contributed by atoms with Crippen molar-refractivity contribution in [2.75, 3.05) is 19.0 Å². The van der Waals surface area contributed by atoms with E-state index in [1.54, 1.807) is 7.11 Å². The molecule has 0 amide bonds. The summed E-state index contributed by atoms with van der Waals surface area (Å²) in [4.78, 5) is 4.49. The van der Waals surface area contributed by atoms with E-state index in [-0.39, 0.29) is 0 Å². The van der Waals surface area contributed by atoms with Crippen molar-refractivity contribution >= 4 is 16.7 Å². The van der Waals surface area contributed by atoms with Gasteiger partial charge in [0.2, 0.25) is 5.13 Å². The van der Waals surface area contributed by atoms with Crippen LogP contribution in [0.15, 0.2) is 24.3 Å². The number of nitrogens with two attached hydrogens (primary N) is 1. The number of nitrogens with zero attached hydrogens (tertiary/aromatic N) is 2. The second-order valence-electron chi connectivity index (χ2n) is 4.66. The van der Waals surface area contributed by atoms with E-state index in [4.69, 9.17) is 10.5 Å². The molecular formula is C14H20N4OS. The summed E-state index contributed by atoms with van der Waals surface area (Å²) in [6.45, 7) is 2.77. The Morgan fingerprint density at radius 1 is 1.35 bits per heavy atom. The fraction of sp³-hybridized carbons (Fsp3) is 0.429. The second-order valence-corrected chi connectivity index (χ2v) is 5.42. The molecule has 0 saturated heterocycles. The number of hydrogen-bond acceptors (Lipinski definition) is 6. The normalized spacial score (nSPS) is 12.2. The van der Waals surface area contributed by atoms with Crippen LogP contribution in [0.5, 0.6) is 5.75 Å². The lowest BCUT2D eigenvalue weighted by atomic mass is 10.1. The summed E-state index contributed by atoms with van der Waals surface area (Å²) in [7, 11) is 1.66. The highest BCUT2D eigenvalue weighted by atomic mass is 32.1.